The highest BCUT2D eigenvalue weighted by atomic mass is 19.1. The number of carboxylic acids is 1. The molecule has 82 valence electrons. The summed E-state index contributed by atoms with van der Waals surface area (Å²) >= 11 is 0. The molecule has 1 aromatic carbocycles. The summed E-state index contributed by atoms with van der Waals surface area (Å²) in [6.07, 6.45) is -0.270. The minimum atomic E-state index is -0.947. The van der Waals surface area contributed by atoms with Crippen LogP contribution in [0, 0.1) is 5.82 Å². The average Bonchev–Trinajstić information content (AvgIpc) is 2.09. The highest BCUT2D eigenvalue weighted by molar-refractivity contribution is 5.70. The highest BCUT2D eigenvalue weighted by Gasteiger charge is 2.08. The van der Waals surface area contributed by atoms with Crippen molar-refractivity contribution in [3.63, 3.8) is 0 Å². The SMILES string of the molecule is CC(C)Oc1cc(CC(=O)O)ccc1F. The summed E-state index contributed by atoms with van der Waals surface area (Å²) in [6, 6.07) is 4.08. The van der Waals surface area contributed by atoms with Gasteiger partial charge in [0.2, 0.25) is 0 Å². The average molecular weight is 212 g/mol. The van der Waals surface area contributed by atoms with Crippen LogP contribution in [0.25, 0.3) is 0 Å². The minimum Gasteiger partial charge on any atom is -0.488 e. The van der Waals surface area contributed by atoms with Crippen molar-refractivity contribution in [2.45, 2.75) is 26.4 Å². The molecule has 0 aliphatic carbocycles. The maximum Gasteiger partial charge on any atom is 0.307 e. The highest BCUT2D eigenvalue weighted by Crippen LogP contribution is 2.20. The molecule has 3 nitrogen and oxygen atoms in total. The smallest absolute Gasteiger partial charge is 0.307 e. The molecule has 0 aliphatic heterocycles. The summed E-state index contributed by atoms with van der Waals surface area (Å²) in [5, 5.41) is 8.57. The van der Waals surface area contributed by atoms with Gasteiger partial charge in [-0.05, 0) is 31.5 Å². The van der Waals surface area contributed by atoms with Crippen molar-refractivity contribution >= 4 is 5.97 Å². The van der Waals surface area contributed by atoms with E-state index in [0.29, 0.717) is 5.56 Å². The molecule has 1 N–H and O–H groups in total. The molecule has 0 atom stereocenters. The predicted octanol–water partition coefficient (Wildman–Crippen LogP) is 2.24. The van der Waals surface area contributed by atoms with Crippen LogP contribution in [0.2, 0.25) is 0 Å². The Hall–Kier alpha value is -1.58. The number of benzene rings is 1. The molecule has 1 rings (SSSR count). The van der Waals surface area contributed by atoms with Gasteiger partial charge in [-0.15, -0.1) is 0 Å². The van der Waals surface area contributed by atoms with Crippen molar-refractivity contribution in [3.8, 4) is 5.75 Å². The molecule has 4 heteroatoms. The van der Waals surface area contributed by atoms with Crippen LogP contribution in [-0.4, -0.2) is 17.2 Å². The molecule has 0 aromatic heterocycles. The van der Waals surface area contributed by atoms with Crippen LogP contribution < -0.4 is 4.74 Å². The Balaban J connectivity index is 2.89. The van der Waals surface area contributed by atoms with E-state index in [2.05, 4.69) is 0 Å². The molecule has 15 heavy (non-hydrogen) atoms. The number of hydrogen-bond donors (Lipinski definition) is 1. The van der Waals surface area contributed by atoms with E-state index >= 15 is 0 Å². The van der Waals surface area contributed by atoms with E-state index in [4.69, 9.17) is 9.84 Å². The zero-order chi connectivity index (χ0) is 11.4. The predicted molar refractivity (Wildman–Crippen MR) is 53.5 cm³/mol. The van der Waals surface area contributed by atoms with Crippen LogP contribution in [0.1, 0.15) is 19.4 Å². The molecule has 0 spiro atoms. The summed E-state index contributed by atoms with van der Waals surface area (Å²) in [5.74, 6) is -1.32. The fraction of sp³-hybridized carbons (Fsp3) is 0.364. The van der Waals surface area contributed by atoms with Crippen LogP contribution in [-0.2, 0) is 11.2 Å². The third-order valence-electron chi connectivity index (χ3n) is 1.71. The lowest BCUT2D eigenvalue weighted by molar-refractivity contribution is -0.136. The van der Waals surface area contributed by atoms with Gasteiger partial charge in [-0.25, -0.2) is 4.39 Å². The second kappa shape index (κ2) is 4.77. The fourth-order valence-corrected chi connectivity index (χ4v) is 1.18. The van der Waals surface area contributed by atoms with Gasteiger partial charge < -0.3 is 9.84 Å². The summed E-state index contributed by atoms with van der Waals surface area (Å²) < 4.78 is 18.4. The van der Waals surface area contributed by atoms with Crippen molar-refractivity contribution in [3.05, 3.63) is 29.6 Å². The number of aliphatic carboxylic acids is 1. The first-order valence-corrected chi connectivity index (χ1v) is 4.66. The van der Waals surface area contributed by atoms with Gasteiger partial charge in [-0.2, -0.15) is 0 Å². The molecule has 1 aromatic rings. The van der Waals surface area contributed by atoms with E-state index < -0.39 is 11.8 Å². The van der Waals surface area contributed by atoms with Crippen LogP contribution in [0.5, 0.6) is 5.75 Å². The molecule has 0 heterocycles. The number of carbonyl (C=O) groups is 1. The number of carboxylic acid groups (broad SMARTS) is 1. The maximum atomic E-state index is 13.2. The molecule has 0 amide bonds. The van der Waals surface area contributed by atoms with Gasteiger partial charge in [0.05, 0.1) is 12.5 Å². The van der Waals surface area contributed by atoms with Crippen molar-refractivity contribution in [1.82, 2.24) is 0 Å². The molecular formula is C11H13FO3. The second-order valence-electron chi connectivity index (χ2n) is 3.50. The molecule has 0 bridgehead atoms. The Labute approximate surface area is 87.5 Å². The number of hydrogen-bond acceptors (Lipinski definition) is 2. The van der Waals surface area contributed by atoms with E-state index in [0.717, 1.165) is 0 Å². The monoisotopic (exact) mass is 212 g/mol. The molecule has 0 saturated carbocycles. The van der Waals surface area contributed by atoms with E-state index in [1.807, 2.05) is 0 Å². The summed E-state index contributed by atoms with van der Waals surface area (Å²) in [6.45, 7) is 3.56. The number of halogens is 1. The summed E-state index contributed by atoms with van der Waals surface area (Å²) in [4.78, 5) is 10.5. The summed E-state index contributed by atoms with van der Waals surface area (Å²) in [5.41, 5.74) is 0.527. The van der Waals surface area contributed by atoms with Crippen LogP contribution in [0.4, 0.5) is 4.39 Å². The van der Waals surface area contributed by atoms with Crippen LogP contribution in [0.15, 0.2) is 18.2 Å². The Morgan fingerprint density at radius 1 is 1.53 bits per heavy atom. The van der Waals surface area contributed by atoms with Gasteiger partial charge in [0.25, 0.3) is 0 Å². The fourth-order valence-electron chi connectivity index (χ4n) is 1.18. The van der Waals surface area contributed by atoms with Gasteiger partial charge in [0, 0.05) is 0 Å². The van der Waals surface area contributed by atoms with Crippen LogP contribution >= 0.6 is 0 Å². The quantitative estimate of drug-likeness (QED) is 0.832. The van der Waals surface area contributed by atoms with Crippen molar-refractivity contribution < 1.29 is 19.0 Å². The minimum absolute atomic E-state index is 0.101. The van der Waals surface area contributed by atoms with E-state index in [1.54, 1.807) is 13.8 Å². The summed E-state index contributed by atoms with van der Waals surface area (Å²) in [7, 11) is 0. The Bertz CT molecular complexity index is 361. The largest absolute Gasteiger partial charge is 0.488 e. The third-order valence-corrected chi connectivity index (χ3v) is 1.71. The van der Waals surface area contributed by atoms with Gasteiger partial charge in [-0.1, -0.05) is 6.07 Å². The van der Waals surface area contributed by atoms with Gasteiger partial charge >= 0.3 is 5.97 Å². The lowest BCUT2D eigenvalue weighted by Gasteiger charge is -2.11. The van der Waals surface area contributed by atoms with Crippen molar-refractivity contribution in [2.75, 3.05) is 0 Å². The maximum absolute atomic E-state index is 13.2. The first kappa shape index (κ1) is 11.5. The molecule has 0 radical (unpaired) electrons. The Morgan fingerprint density at radius 2 is 2.20 bits per heavy atom. The zero-order valence-electron chi connectivity index (χ0n) is 8.66. The van der Waals surface area contributed by atoms with Gasteiger partial charge in [-0.3, -0.25) is 4.79 Å². The molecule has 0 fully saturated rings. The molecule has 0 unspecified atom stereocenters. The van der Waals surface area contributed by atoms with Crippen molar-refractivity contribution in [2.24, 2.45) is 0 Å². The Morgan fingerprint density at radius 3 is 2.73 bits per heavy atom. The van der Waals surface area contributed by atoms with Crippen LogP contribution in [0.3, 0.4) is 0 Å². The van der Waals surface area contributed by atoms with Gasteiger partial charge in [0.1, 0.15) is 0 Å². The standard InChI is InChI=1S/C11H13FO3/c1-7(2)15-10-5-8(6-11(13)14)3-4-9(10)12/h3-5,7H,6H2,1-2H3,(H,13,14). The topological polar surface area (TPSA) is 46.5 Å². The molecular weight excluding hydrogens is 199 g/mol. The van der Waals surface area contributed by atoms with E-state index in [9.17, 15) is 9.18 Å². The Kier molecular flexibility index (Phi) is 3.66. The zero-order valence-corrected chi connectivity index (χ0v) is 8.66. The third kappa shape index (κ3) is 3.58. The van der Waals surface area contributed by atoms with E-state index in [-0.39, 0.29) is 18.3 Å². The van der Waals surface area contributed by atoms with E-state index in [1.165, 1.54) is 18.2 Å². The van der Waals surface area contributed by atoms with Gasteiger partial charge in [0.15, 0.2) is 11.6 Å². The van der Waals surface area contributed by atoms with Crippen molar-refractivity contribution in [1.29, 1.82) is 0 Å². The number of ether oxygens (including phenoxy) is 1. The first-order chi connectivity index (χ1) is 6.99. The normalized spacial score (nSPS) is 10.4. The molecule has 0 saturated heterocycles. The number of rotatable bonds is 4. The molecule has 0 aliphatic rings. The lowest BCUT2D eigenvalue weighted by atomic mass is 10.1. The lowest BCUT2D eigenvalue weighted by Crippen LogP contribution is -2.08. The second-order valence-corrected chi connectivity index (χ2v) is 3.50. The first-order valence-electron chi connectivity index (χ1n) is 4.66.